The third-order valence-corrected chi connectivity index (χ3v) is 7.30. The van der Waals surface area contributed by atoms with Crippen molar-refractivity contribution < 1.29 is 8.42 Å². The molecule has 0 spiro atoms. The van der Waals surface area contributed by atoms with Gasteiger partial charge in [0, 0.05) is 43.0 Å². The SMILES string of the molecule is O=S(=O)(c1ccccc1Br)N1CCN(c2c(Cl)cncc2Cl)CC1. The van der Waals surface area contributed by atoms with Gasteiger partial charge in [0.05, 0.1) is 20.6 Å². The fourth-order valence-electron chi connectivity index (χ4n) is 2.65. The van der Waals surface area contributed by atoms with Crippen molar-refractivity contribution in [3.05, 3.63) is 51.2 Å². The number of piperazine rings is 1. The molecule has 0 radical (unpaired) electrons. The Labute approximate surface area is 159 Å². The van der Waals surface area contributed by atoms with Gasteiger partial charge in [0.2, 0.25) is 10.0 Å². The van der Waals surface area contributed by atoms with Crippen molar-refractivity contribution in [2.24, 2.45) is 0 Å². The number of hydrogen-bond acceptors (Lipinski definition) is 4. The third kappa shape index (κ3) is 3.41. The van der Waals surface area contributed by atoms with Crippen molar-refractivity contribution in [3.8, 4) is 0 Å². The Morgan fingerprint density at radius 2 is 1.58 bits per heavy atom. The van der Waals surface area contributed by atoms with Crippen molar-refractivity contribution in [2.75, 3.05) is 31.1 Å². The first-order chi connectivity index (χ1) is 11.4. The van der Waals surface area contributed by atoms with Crippen molar-refractivity contribution >= 4 is 54.8 Å². The monoisotopic (exact) mass is 449 g/mol. The molecule has 0 atom stereocenters. The zero-order chi connectivity index (χ0) is 17.3. The normalized spacial score (nSPS) is 16.4. The van der Waals surface area contributed by atoms with Crippen LogP contribution in [-0.4, -0.2) is 43.9 Å². The number of halogens is 3. The summed E-state index contributed by atoms with van der Waals surface area (Å²) in [7, 11) is -3.54. The number of hydrogen-bond donors (Lipinski definition) is 0. The zero-order valence-electron chi connectivity index (χ0n) is 12.5. The molecule has 0 aliphatic carbocycles. The van der Waals surface area contributed by atoms with Crippen molar-refractivity contribution in [2.45, 2.75) is 4.90 Å². The second-order valence-electron chi connectivity index (χ2n) is 5.27. The van der Waals surface area contributed by atoms with E-state index in [1.165, 1.54) is 16.7 Å². The molecular weight excluding hydrogens is 437 g/mol. The van der Waals surface area contributed by atoms with Crippen molar-refractivity contribution in [1.29, 1.82) is 0 Å². The molecule has 3 rings (SSSR count). The molecule has 1 aromatic carbocycles. The fraction of sp³-hybridized carbons (Fsp3) is 0.267. The van der Waals surface area contributed by atoms with Crippen LogP contribution in [0.4, 0.5) is 5.69 Å². The van der Waals surface area contributed by atoms with Crippen LogP contribution in [0, 0.1) is 0 Å². The lowest BCUT2D eigenvalue weighted by atomic mass is 10.3. The number of benzene rings is 1. The Morgan fingerprint density at radius 3 is 2.17 bits per heavy atom. The molecule has 2 heterocycles. The third-order valence-electron chi connectivity index (χ3n) is 3.84. The maximum atomic E-state index is 12.8. The Kier molecular flexibility index (Phi) is 5.36. The van der Waals surface area contributed by atoms with E-state index in [2.05, 4.69) is 20.9 Å². The van der Waals surface area contributed by atoms with Gasteiger partial charge in [-0.3, -0.25) is 4.98 Å². The number of anilines is 1. The van der Waals surface area contributed by atoms with E-state index >= 15 is 0 Å². The van der Waals surface area contributed by atoms with Gasteiger partial charge in [-0.25, -0.2) is 8.42 Å². The standard InChI is InChI=1S/C15H14BrCl2N3O2S/c16-11-3-1-2-4-14(11)24(22,23)21-7-5-20(6-8-21)15-12(17)9-19-10-13(15)18/h1-4,9-10H,5-8H2. The van der Waals surface area contributed by atoms with E-state index < -0.39 is 10.0 Å². The summed E-state index contributed by atoms with van der Waals surface area (Å²) in [4.78, 5) is 6.20. The van der Waals surface area contributed by atoms with E-state index in [0.717, 1.165) is 0 Å². The molecule has 9 heteroatoms. The lowest BCUT2D eigenvalue weighted by Crippen LogP contribution is -2.48. The minimum atomic E-state index is -3.54. The summed E-state index contributed by atoms with van der Waals surface area (Å²) in [6.07, 6.45) is 3.07. The van der Waals surface area contributed by atoms with E-state index in [-0.39, 0.29) is 4.90 Å². The average Bonchev–Trinajstić information content (AvgIpc) is 2.55. The maximum absolute atomic E-state index is 12.8. The summed E-state index contributed by atoms with van der Waals surface area (Å²) >= 11 is 15.7. The summed E-state index contributed by atoms with van der Waals surface area (Å²) in [6, 6.07) is 6.82. The van der Waals surface area contributed by atoms with Gasteiger partial charge in [-0.15, -0.1) is 0 Å². The molecule has 0 amide bonds. The highest BCUT2D eigenvalue weighted by Gasteiger charge is 2.30. The highest BCUT2D eigenvalue weighted by atomic mass is 79.9. The molecule has 1 aliphatic rings. The molecule has 5 nitrogen and oxygen atoms in total. The summed E-state index contributed by atoms with van der Waals surface area (Å²) < 4.78 is 27.6. The van der Waals surface area contributed by atoms with Crippen LogP contribution in [0.25, 0.3) is 0 Å². The van der Waals surface area contributed by atoms with Crippen LogP contribution >= 0.6 is 39.1 Å². The quantitative estimate of drug-likeness (QED) is 0.715. The van der Waals surface area contributed by atoms with Gasteiger partial charge in [0.25, 0.3) is 0 Å². The lowest BCUT2D eigenvalue weighted by Gasteiger charge is -2.36. The highest BCUT2D eigenvalue weighted by molar-refractivity contribution is 9.10. The first-order valence-corrected chi connectivity index (χ1v) is 10.2. The first kappa shape index (κ1) is 17.9. The number of rotatable bonds is 3. The number of sulfonamides is 1. The average molecular weight is 451 g/mol. The number of nitrogens with zero attached hydrogens (tertiary/aromatic N) is 3. The van der Waals surface area contributed by atoms with Crippen molar-refractivity contribution in [1.82, 2.24) is 9.29 Å². The molecule has 24 heavy (non-hydrogen) atoms. The molecule has 0 N–H and O–H groups in total. The van der Waals surface area contributed by atoms with Gasteiger partial charge in [-0.2, -0.15) is 4.31 Å². The first-order valence-electron chi connectivity index (χ1n) is 7.20. The van der Waals surface area contributed by atoms with Gasteiger partial charge in [0.1, 0.15) is 0 Å². The van der Waals surface area contributed by atoms with Gasteiger partial charge < -0.3 is 4.90 Å². The van der Waals surface area contributed by atoms with Gasteiger partial charge in [-0.05, 0) is 28.1 Å². The second kappa shape index (κ2) is 7.17. The van der Waals surface area contributed by atoms with E-state index in [9.17, 15) is 8.42 Å². The van der Waals surface area contributed by atoms with E-state index in [1.54, 1.807) is 24.3 Å². The molecule has 1 aromatic heterocycles. The Morgan fingerprint density at radius 1 is 1.00 bits per heavy atom. The Hall–Kier alpha value is -0.860. The van der Waals surface area contributed by atoms with Crippen LogP contribution in [0.15, 0.2) is 46.0 Å². The van der Waals surface area contributed by atoms with Crippen LogP contribution in [0.1, 0.15) is 0 Å². The largest absolute Gasteiger partial charge is 0.366 e. The predicted molar refractivity (Wildman–Crippen MR) is 99.4 cm³/mol. The maximum Gasteiger partial charge on any atom is 0.244 e. The van der Waals surface area contributed by atoms with Gasteiger partial charge in [0.15, 0.2) is 0 Å². The number of aromatic nitrogens is 1. The molecule has 0 bridgehead atoms. The minimum absolute atomic E-state index is 0.276. The van der Waals surface area contributed by atoms with Crippen LogP contribution in [-0.2, 0) is 10.0 Å². The molecule has 2 aromatic rings. The highest BCUT2D eigenvalue weighted by Crippen LogP contribution is 2.34. The number of pyridine rings is 1. The van der Waals surface area contributed by atoms with Crippen LogP contribution in [0.3, 0.4) is 0 Å². The predicted octanol–water partition coefficient (Wildman–Crippen LogP) is 3.66. The molecular formula is C15H14BrCl2N3O2S. The van der Waals surface area contributed by atoms with Crippen LogP contribution < -0.4 is 4.90 Å². The van der Waals surface area contributed by atoms with E-state index in [1.807, 2.05) is 4.90 Å². The second-order valence-corrected chi connectivity index (χ2v) is 8.85. The summed E-state index contributed by atoms with van der Waals surface area (Å²) in [5.41, 5.74) is 0.700. The summed E-state index contributed by atoms with van der Waals surface area (Å²) in [5.74, 6) is 0. The zero-order valence-corrected chi connectivity index (χ0v) is 16.4. The Balaban J connectivity index is 1.79. The van der Waals surface area contributed by atoms with E-state index in [0.29, 0.717) is 46.4 Å². The molecule has 1 saturated heterocycles. The van der Waals surface area contributed by atoms with E-state index in [4.69, 9.17) is 23.2 Å². The molecule has 128 valence electrons. The van der Waals surface area contributed by atoms with Crippen molar-refractivity contribution in [3.63, 3.8) is 0 Å². The molecule has 0 unspecified atom stereocenters. The van der Waals surface area contributed by atoms with Crippen LogP contribution in [0.5, 0.6) is 0 Å². The summed E-state index contributed by atoms with van der Waals surface area (Å²) in [5, 5.41) is 0.925. The molecule has 0 saturated carbocycles. The Bertz CT molecular complexity index is 835. The van der Waals surface area contributed by atoms with Gasteiger partial charge >= 0.3 is 0 Å². The lowest BCUT2D eigenvalue weighted by molar-refractivity contribution is 0.384. The summed E-state index contributed by atoms with van der Waals surface area (Å²) in [6.45, 7) is 1.73. The molecule has 1 fully saturated rings. The van der Waals surface area contributed by atoms with Crippen LogP contribution in [0.2, 0.25) is 10.0 Å². The minimum Gasteiger partial charge on any atom is -0.366 e. The van der Waals surface area contributed by atoms with Gasteiger partial charge in [-0.1, -0.05) is 35.3 Å². The fourth-order valence-corrected chi connectivity index (χ4v) is 5.64. The topological polar surface area (TPSA) is 53.5 Å². The molecule has 1 aliphatic heterocycles. The smallest absolute Gasteiger partial charge is 0.244 e.